The molecule has 0 saturated carbocycles. The van der Waals surface area contributed by atoms with E-state index < -0.39 is 5.97 Å². The summed E-state index contributed by atoms with van der Waals surface area (Å²) in [6.45, 7) is 0. The maximum atomic E-state index is 10.5. The maximum absolute atomic E-state index is 10.5. The number of benzene rings is 1. The van der Waals surface area contributed by atoms with Gasteiger partial charge in [-0.3, -0.25) is 9.59 Å². The molecule has 0 aliphatic heterocycles. The average molecular weight is 178 g/mol. The number of carbonyl (C=O) groups is 3. The van der Waals surface area contributed by atoms with Crippen LogP contribution in [0.2, 0.25) is 0 Å². The summed E-state index contributed by atoms with van der Waals surface area (Å²) in [6.07, 6.45) is 0.964. The summed E-state index contributed by atoms with van der Waals surface area (Å²) in [7, 11) is 0. The van der Waals surface area contributed by atoms with Gasteiger partial charge in [0.2, 0.25) is 0 Å². The summed E-state index contributed by atoms with van der Waals surface area (Å²) >= 11 is 0. The Bertz CT molecular complexity index is 368. The third-order valence-corrected chi connectivity index (χ3v) is 1.59. The Kier molecular flexibility index (Phi) is 2.54. The number of aromatic carboxylic acids is 1. The van der Waals surface area contributed by atoms with E-state index in [0.717, 1.165) is 0 Å². The molecule has 1 aromatic carbocycles. The lowest BCUT2D eigenvalue weighted by Crippen LogP contribution is -1.99. The van der Waals surface area contributed by atoms with E-state index in [9.17, 15) is 14.4 Å². The van der Waals surface area contributed by atoms with Crippen LogP contribution in [0.5, 0.6) is 0 Å². The van der Waals surface area contributed by atoms with Gasteiger partial charge in [0.05, 0.1) is 5.56 Å². The second kappa shape index (κ2) is 3.62. The van der Waals surface area contributed by atoms with Crippen molar-refractivity contribution in [3.05, 3.63) is 34.9 Å². The zero-order chi connectivity index (χ0) is 9.84. The molecule has 0 aliphatic rings. The van der Waals surface area contributed by atoms with Crippen LogP contribution in [0.1, 0.15) is 31.1 Å². The van der Waals surface area contributed by atoms with Crippen molar-refractivity contribution in [2.75, 3.05) is 0 Å². The lowest BCUT2D eigenvalue weighted by Gasteiger charge is -1.98. The van der Waals surface area contributed by atoms with Gasteiger partial charge in [-0.25, -0.2) is 4.79 Å². The van der Waals surface area contributed by atoms with E-state index in [4.69, 9.17) is 5.11 Å². The lowest BCUT2D eigenvalue weighted by molar-refractivity contribution is 0.0696. The Hall–Kier alpha value is -1.97. The molecule has 0 radical (unpaired) electrons. The second-order valence-electron chi connectivity index (χ2n) is 2.38. The number of rotatable bonds is 3. The first kappa shape index (κ1) is 9.12. The first-order chi connectivity index (χ1) is 6.19. The fraction of sp³-hybridized carbons (Fsp3) is 0. The van der Waals surface area contributed by atoms with Crippen molar-refractivity contribution in [2.24, 2.45) is 0 Å². The molecule has 0 bridgehead atoms. The highest BCUT2D eigenvalue weighted by Crippen LogP contribution is 2.08. The third kappa shape index (κ3) is 1.79. The van der Waals surface area contributed by atoms with Crippen molar-refractivity contribution in [1.82, 2.24) is 0 Å². The normalized spacial score (nSPS) is 9.23. The first-order valence-electron chi connectivity index (χ1n) is 3.46. The highest BCUT2D eigenvalue weighted by atomic mass is 16.4. The number of carboxylic acid groups (broad SMARTS) is 1. The van der Waals surface area contributed by atoms with Crippen LogP contribution < -0.4 is 0 Å². The quantitative estimate of drug-likeness (QED) is 0.701. The largest absolute Gasteiger partial charge is 0.478 e. The van der Waals surface area contributed by atoms with Crippen molar-refractivity contribution in [3.63, 3.8) is 0 Å². The molecule has 0 saturated heterocycles. The minimum absolute atomic E-state index is 0.00676. The Labute approximate surface area is 73.8 Å². The van der Waals surface area contributed by atoms with E-state index in [-0.39, 0.29) is 16.7 Å². The van der Waals surface area contributed by atoms with Crippen LogP contribution in [0.3, 0.4) is 0 Å². The average Bonchev–Trinajstić information content (AvgIpc) is 2.16. The molecular weight excluding hydrogens is 172 g/mol. The van der Waals surface area contributed by atoms with Gasteiger partial charge >= 0.3 is 5.97 Å². The lowest BCUT2D eigenvalue weighted by atomic mass is 10.1. The van der Waals surface area contributed by atoms with Crippen molar-refractivity contribution < 1.29 is 19.5 Å². The number of hydrogen-bond donors (Lipinski definition) is 1. The molecule has 66 valence electrons. The molecule has 1 rings (SSSR count). The maximum Gasteiger partial charge on any atom is 0.335 e. The van der Waals surface area contributed by atoms with Gasteiger partial charge in [-0.2, -0.15) is 0 Å². The number of carbonyl (C=O) groups excluding carboxylic acids is 2. The molecule has 4 heteroatoms. The Morgan fingerprint density at radius 3 is 2.23 bits per heavy atom. The van der Waals surface area contributed by atoms with Crippen LogP contribution in [0.4, 0.5) is 0 Å². The molecule has 0 unspecified atom stereocenters. The van der Waals surface area contributed by atoms with Gasteiger partial charge in [-0.05, 0) is 12.1 Å². The van der Waals surface area contributed by atoms with Gasteiger partial charge in [0.15, 0.2) is 12.6 Å². The van der Waals surface area contributed by atoms with Crippen molar-refractivity contribution in [2.45, 2.75) is 0 Å². The van der Waals surface area contributed by atoms with Crippen LogP contribution in [0.15, 0.2) is 18.2 Å². The molecule has 1 N–H and O–H groups in total. The summed E-state index contributed by atoms with van der Waals surface area (Å²) in [6, 6.07) is 3.75. The van der Waals surface area contributed by atoms with E-state index in [1.165, 1.54) is 18.2 Å². The molecule has 13 heavy (non-hydrogen) atoms. The number of aldehydes is 2. The molecule has 0 aromatic heterocycles. The molecule has 0 heterocycles. The first-order valence-corrected chi connectivity index (χ1v) is 3.46. The smallest absolute Gasteiger partial charge is 0.335 e. The topological polar surface area (TPSA) is 71.4 Å². The van der Waals surface area contributed by atoms with Gasteiger partial charge in [0.25, 0.3) is 0 Å². The molecule has 0 fully saturated rings. The van der Waals surface area contributed by atoms with Gasteiger partial charge in [0, 0.05) is 11.1 Å². The molecule has 1 aromatic rings. The molecule has 0 amide bonds. The predicted octanol–water partition coefficient (Wildman–Crippen LogP) is 1.01. The highest BCUT2D eigenvalue weighted by molar-refractivity contribution is 5.95. The van der Waals surface area contributed by atoms with Crippen LogP contribution >= 0.6 is 0 Å². The van der Waals surface area contributed by atoms with Gasteiger partial charge in [-0.15, -0.1) is 0 Å². The van der Waals surface area contributed by atoms with Crippen molar-refractivity contribution in [1.29, 1.82) is 0 Å². The van der Waals surface area contributed by atoms with E-state index in [1.54, 1.807) is 0 Å². The van der Waals surface area contributed by atoms with Crippen LogP contribution in [0, 0.1) is 0 Å². The SMILES string of the molecule is O=Cc1ccc(C(=O)O)cc1C=O. The third-order valence-electron chi connectivity index (χ3n) is 1.59. The molecule has 0 aliphatic carbocycles. The minimum Gasteiger partial charge on any atom is -0.478 e. The van der Waals surface area contributed by atoms with Crippen LogP contribution in [-0.4, -0.2) is 23.6 Å². The summed E-state index contributed by atoms with van der Waals surface area (Å²) in [5.41, 5.74) is 0.280. The Morgan fingerprint density at radius 1 is 1.15 bits per heavy atom. The van der Waals surface area contributed by atoms with E-state index in [1.807, 2.05) is 0 Å². The fourth-order valence-corrected chi connectivity index (χ4v) is 0.917. The molecular formula is C9H6O4. The minimum atomic E-state index is -1.12. The number of carboxylic acids is 1. The summed E-state index contributed by atoms with van der Waals surface area (Å²) in [5.74, 6) is -1.12. The van der Waals surface area contributed by atoms with E-state index in [0.29, 0.717) is 12.6 Å². The van der Waals surface area contributed by atoms with Crippen molar-refractivity contribution >= 4 is 18.5 Å². The molecule has 0 spiro atoms. The summed E-state index contributed by atoms with van der Waals surface area (Å²) < 4.78 is 0. The molecule has 4 nitrogen and oxygen atoms in total. The monoisotopic (exact) mass is 178 g/mol. The predicted molar refractivity (Wildman–Crippen MR) is 44.2 cm³/mol. The van der Waals surface area contributed by atoms with Gasteiger partial charge in [-0.1, -0.05) is 6.07 Å². The zero-order valence-corrected chi connectivity index (χ0v) is 6.56. The highest BCUT2D eigenvalue weighted by Gasteiger charge is 2.06. The Balaban J connectivity index is 3.28. The number of hydrogen-bond acceptors (Lipinski definition) is 3. The Morgan fingerprint density at radius 2 is 1.77 bits per heavy atom. The van der Waals surface area contributed by atoms with E-state index in [2.05, 4.69) is 0 Å². The summed E-state index contributed by atoms with van der Waals surface area (Å²) in [5, 5.41) is 8.56. The molecule has 0 atom stereocenters. The zero-order valence-electron chi connectivity index (χ0n) is 6.56. The van der Waals surface area contributed by atoms with Crippen LogP contribution in [-0.2, 0) is 0 Å². The van der Waals surface area contributed by atoms with E-state index >= 15 is 0 Å². The second-order valence-corrected chi connectivity index (χ2v) is 2.38. The van der Waals surface area contributed by atoms with Gasteiger partial charge in [0.1, 0.15) is 0 Å². The standard InChI is InChI=1S/C9H6O4/c10-4-7-2-1-6(9(12)13)3-8(7)5-11/h1-5H,(H,12,13). The summed E-state index contributed by atoms with van der Waals surface area (Å²) in [4.78, 5) is 31.2. The van der Waals surface area contributed by atoms with Gasteiger partial charge < -0.3 is 5.11 Å². The van der Waals surface area contributed by atoms with Crippen molar-refractivity contribution in [3.8, 4) is 0 Å². The fourth-order valence-electron chi connectivity index (χ4n) is 0.917. The van der Waals surface area contributed by atoms with Crippen LogP contribution in [0.25, 0.3) is 0 Å².